The summed E-state index contributed by atoms with van der Waals surface area (Å²) in [5, 5.41) is 12.9. The molecule has 1 aliphatic carbocycles. The van der Waals surface area contributed by atoms with Gasteiger partial charge < -0.3 is 5.32 Å². The SMILES string of the molecule is CSC1CCCCC1NC(C)CC#N. The first-order chi connectivity index (χ1) is 6.77. The molecule has 0 heterocycles. The summed E-state index contributed by atoms with van der Waals surface area (Å²) in [5.74, 6) is 0. The van der Waals surface area contributed by atoms with E-state index in [0.29, 0.717) is 18.5 Å². The molecule has 1 rings (SSSR count). The summed E-state index contributed by atoms with van der Waals surface area (Å²) in [5.41, 5.74) is 0. The predicted octanol–water partition coefficient (Wildman–Crippen LogP) is 2.55. The van der Waals surface area contributed by atoms with Crippen molar-refractivity contribution in [3.05, 3.63) is 0 Å². The first-order valence-corrected chi connectivity index (χ1v) is 6.72. The molecule has 3 atom stereocenters. The molecule has 14 heavy (non-hydrogen) atoms. The molecule has 0 amide bonds. The molecule has 0 saturated heterocycles. The van der Waals surface area contributed by atoms with Crippen molar-refractivity contribution in [2.45, 2.75) is 56.4 Å². The highest BCUT2D eigenvalue weighted by Crippen LogP contribution is 2.27. The van der Waals surface area contributed by atoms with E-state index in [2.05, 4.69) is 24.6 Å². The van der Waals surface area contributed by atoms with Gasteiger partial charge in [0.2, 0.25) is 0 Å². The summed E-state index contributed by atoms with van der Waals surface area (Å²) in [6.45, 7) is 2.11. The van der Waals surface area contributed by atoms with Crippen LogP contribution in [0.1, 0.15) is 39.0 Å². The Labute approximate surface area is 91.4 Å². The summed E-state index contributed by atoms with van der Waals surface area (Å²) in [6, 6.07) is 3.19. The van der Waals surface area contributed by atoms with Crippen LogP contribution in [0.25, 0.3) is 0 Å². The first kappa shape index (κ1) is 11.9. The van der Waals surface area contributed by atoms with Crippen molar-refractivity contribution in [1.82, 2.24) is 5.32 Å². The fourth-order valence-electron chi connectivity index (χ4n) is 2.13. The zero-order chi connectivity index (χ0) is 10.4. The van der Waals surface area contributed by atoms with Gasteiger partial charge in [0.25, 0.3) is 0 Å². The van der Waals surface area contributed by atoms with Crippen LogP contribution in [0, 0.1) is 11.3 Å². The van der Waals surface area contributed by atoms with Crippen molar-refractivity contribution in [2.24, 2.45) is 0 Å². The van der Waals surface area contributed by atoms with Crippen molar-refractivity contribution < 1.29 is 0 Å². The average molecular weight is 212 g/mol. The third-order valence-corrected chi connectivity index (χ3v) is 4.07. The Morgan fingerprint density at radius 2 is 2.21 bits per heavy atom. The molecule has 3 heteroatoms. The zero-order valence-corrected chi connectivity index (χ0v) is 9.94. The summed E-state index contributed by atoms with van der Waals surface area (Å²) in [6.07, 6.45) is 8.14. The van der Waals surface area contributed by atoms with Crippen LogP contribution in [-0.2, 0) is 0 Å². The number of rotatable bonds is 4. The molecule has 1 N–H and O–H groups in total. The fraction of sp³-hybridized carbons (Fsp3) is 0.909. The molecular formula is C11H20N2S. The average Bonchev–Trinajstić information content (AvgIpc) is 2.19. The fourth-order valence-corrected chi connectivity index (χ4v) is 3.08. The Balaban J connectivity index is 2.36. The molecule has 0 bridgehead atoms. The third kappa shape index (κ3) is 3.51. The molecule has 0 aromatic carbocycles. The molecule has 0 aliphatic heterocycles. The van der Waals surface area contributed by atoms with Gasteiger partial charge in [-0.15, -0.1) is 0 Å². The van der Waals surface area contributed by atoms with E-state index in [9.17, 15) is 0 Å². The first-order valence-electron chi connectivity index (χ1n) is 5.43. The highest BCUT2D eigenvalue weighted by atomic mass is 32.2. The van der Waals surface area contributed by atoms with Gasteiger partial charge in [-0.25, -0.2) is 0 Å². The maximum Gasteiger partial charge on any atom is 0.0638 e. The largest absolute Gasteiger partial charge is 0.309 e. The second-order valence-electron chi connectivity index (χ2n) is 4.10. The quantitative estimate of drug-likeness (QED) is 0.778. The van der Waals surface area contributed by atoms with Gasteiger partial charge in [0.15, 0.2) is 0 Å². The summed E-state index contributed by atoms with van der Waals surface area (Å²) >= 11 is 1.97. The lowest BCUT2D eigenvalue weighted by Crippen LogP contribution is -2.44. The van der Waals surface area contributed by atoms with E-state index >= 15 is 0 Å². The Hall–Kier alpha value is -0.200. The van der Waals surface area contributed by atoms with Crippen molar-refractivity contribution in [3.63, 3.8) is 0 Å². The van der Waals surface area contributed by atoms with Crippen molar-refractivity contribution in [2.75, 3.05) is 6.26 Å². The summed E-state index contributed by atoms with van der Waals surface area (Å²) < 4.78 is 0. The Bertz CT molecular complexity index is 200. The van der Waals surface area contributed by atoms with Crippen LogP contribution in [0.2, 0.25) is 0 Å². The van der Waals surface area contributed by atoms with Gasteiger partial charge in [0, 0.05) is 17.3 Å². The molecule has 80 valence electrons. The van der Waals surface area contributed by atoms with E-state index in [1.807, 2.05) is 11.8 Å². The number of hydrogen-bond donors (Lipinski definition) is 1. The second-order valence-corrected chi connectivity index (χ2v) is 5.17. The van der Waals surface area contributed by atoms with Crippen LogP contribution >= 0.6 is 11.8 Å². The Kier molecular flexibility index (Phi) is 5.36. The molecule has 0 spiro atoms. The van der Waals surface area contributed by atoms with Gasteiger partial charge in [-0.1, -0.05) is 12.8 Å². The Morgan fingerprint density at radius 1 is 1.50 bits per heavy atom. The number of nitrogens with one attached hydrogen (secondary N) is 1. The molecule has 1 aliphatic rings. The topological polar surface area (TPSA) is 35.8 Å². The molecule has 1 saturated carbocycles. The smallest absolute Gasteiger partial charge is 0.0638 e. The summed E-state index contributed by atoms with van der Waals surface area (Å²) in [7, 11) is 0. The van der Waals surface area contributed by atoms with Crippen LogP contribution in [0.5, 0.6) is 0 Å². The van der Waals surface area contributed by atoms with Crippen LogP contribution in [0.4, 0.5) is 0 Å². The predicted molar refractivity (Wildman–Crippen MR) is 62.4 cm³/mol. The molecule has 0 radical (unpaired) electrons. The van der Waals surface area contributed by atoms with Crippen molar-refractivity contribution in [3.8, 4) is 6.07 Å². The van der Waals surface area contributed by atoms with E-state index in [1.54, 1.807) is 0 Å². The monoisotopic (exact) mass is 212 g/mol. The molecule has 2 nitrogen and oxygen atoms in total. The maximum atomic E-state index is 8.59. The number of thioether (sulfide) groups is 1. The van der Waals surface area contributed by atoms with E-state index in [0.717, 1.165) is 5.25 Å². The molecular weight excluding hydrogens is 192 g/mol. The number of nitriles is 1. The van der Waals surface area contributed by atoms with Gasteiger partial charge in [-0.3, -0.25) is 0 Å². The minimum Gasteiger partial charge on any atom is -0.309 e. The van der Waals surface area contributed by atoms with E-state index in [4.69, 9.17) is 5.26 Å². The molecule has 0 aromatic rings. The van der Waals surface area contributed by atoms with E-state index in [1.165, 1.54) is 25.7 Å². The standard InChI is InChI=1S/C11H20N2S/c1-9(7-8-12)13-10-5-3-4-6-11(10)14-2/h9-11,13H,3-7H2,1-2H3. The van der Waals surface area contributed by atoms with Gasteiger partial charge in [0.05, 0.1) is 12.5 Å². The van der Waals surface area contributed by atoms with Crippen LogP contribution in [0.3, 0.4) is 0 Å². The zero-order valence-electron chi connectivity index (χ0n) is 9.12. The summed E-state index contributed by atoms with van der Waals surface area (Å²) in [4.78, 5) is 0. The highest BCUT2D eigenvalue weighted by Gasteiger charge is 2.24. The lowest BCUT2D eigenvalue weighted by atomic mass is 9.94. The molecule has 3 unspecified atom stereocenters. The van der Waals surface area contributed by atoms with Crippen LogP contribution in [0.15, 0.2) is 0 Å². The van der Waals surface area contributed by atoms with Gasteiger partial charge in [0.1, 0.15) is 0 Å². The van der Waals surface area contributed by atoms with E-state index in [-0.39, 0.29) is 0 Å². The van der Waals surface area contributed by atoms with Crippen molar-refractivity contribution in [1.29, 1.82) is 5.26 Å². The normalized spacial score (nSPS) is 29.5. The lowest BCUT2D eigenvalue weighted by molar-refractivity contribution is 0.355. The van der Waals surface area contributed by atoms with Crippen LogP contribution in [-0.4, -0.2) is 23.6 Å². The lowest BCUT2D eigenvalue weighted by Gasteiger charge is -2.32. The van der Waals surface area contributed by atoms with Gasteiger partial charge in [-0.2, -0.15) is 17.0 Å². The highest BCUT2D eigenvalue weighted by molar-refractivity contribution is 7.99. The minimum atomic E-state index is 0.345. The van der Waals surface area contributed by atoms with Gasteiger partial charge in [-0.05, 0) is 26.0 Å². The maximum absolute atomic E-state index is 8.59. The van der Waals surface area contributed by atoms with E-state index < -0.39 is 0 Å². The van der Waals surface area contributed by atoms with Crippen LogP contribution < -0.4 is 5.32 Å². The van der Waals surface area contributed by atoms with Crippen molar-refractivity contribution >= 4 is 11.8 Å². The Morgan fingerprint density at radius 3 is 2.86 bits per heavy atom. The van der Waals surface area contributed by atoms with Gasteiger partial charge >= 0.3 is 0 Å². The molecule has 0 aromatic heterocycles. The molecule has 1 fully saturated rings. The number of hydrogen-bond acceptors (Lipinski definition) is 3. The second kappa shape index (κ2) is 6.31. The number of nitrogens with zero attached hydrogens (tertiary/aromatic N) is 1. The third-order valence-electron chi connectivity index (χ3n) is 2.90. The minimum absolute atomic E-state index is 0.345.